The summed E-state index contributed by atoms with van der Waals surface area (Å²) in [7, 11) is 0. The van der Waals surface area contributed by atoms with Crippen molar-refractivity contribution in [2.45, 2.75) is 58.0 Å². The lowest BCUT2D eigenvalue weighted by Gasteiger charge is -2.38. The van der Waals surface area contributed by atoms with Crippen LogP contribution in [0, 0.1) is 6.92 Å². The Labute approximate surface area is 190 Å². The third-order valence-corrected chi connectivity index (χ3v) is 7.25. The lowest BCUT2D eigenvalue weighted by Crippen LogP contribution is -2.50. The molecule has 174 valence electrons. The van der Waals surface area contributed by atoms with Crippen molar-refractivity contribution in [1.82, 2.24) is 14.8 Å². The van der Waals surface area contributed by atoms with Gasteiger partial charge in [0.2, 0.25) is 0 Å². The number of carbonyl (C=O) groups excluding carboxylic acids is 1. The molecular formula is C23H28F3N3O2S. The summed E-state index contributed by atoms with van der Waals surface area (Å²) in [6, 6.07) is 5.07. The van der Waals surface area contributed by atoms with Crippen LogP contribution in [0.4, 0.5) is 13.2 Å². The molecule has 32 heavy (non-hydrogen) atoms. The first-order chi connectivity index (χ1) is 15.1. The molecule has 0 saturated carbocycles. The zero-order chi connectivity index (χ0) is 23.0. The Morgan fingerprint density at radius 2 is 1.84 bits per heavy atom. The Morgan fingerprint density at radius 3 is 2.47 bits per heavy atom. The van der Waals surface area contributed by atoms with Gasteiger partial charge in [0.25, 0.3) is 5.91 Å². The minimum Gasteiger partial charge on any atom is -0.373 e. The molecule has 0 spiro atoms. The zero-order valence-corrected chi connectivity index (χ0v) is 19.3. The van der Waals surface area contributed by atoms with Crippen LogP contribution in [0.5, 0.6) is 0 Å². The van der Waals surface area contributed by atoms with Crippen molar-refractivity contribution in [3.05, 3.63) is 40.4 Å². The van der Waals surface area contributed by atoms with Gasteiger partial charge in [-0.1, -0.05) is 12.1 Å². The van der Waals surface area contributed by atoms with E-state index in [4.69, 9.17) is 4.74 Å². The Hall–Kier alpha value is -1.97. The van der Waals surface area contributed by atoms with Gasteiger partial charge in [0.15, 0.2) is 0 Å². The van der Waals surface area contributed by atoms with E-state index in [2.05, 4.69) is 23.7 Å². The fourth-order valence-corrected chi connectivity index (χ4v) is 5.70. The standard InChI is InChI=1S/C23H28F3N3O2S/c1-14-11-28(12-15(2)31-14)13-19-5-4-10-29(19)22(30)20-16(3)27-21(32-20)17-6-8-18(9-7-17)23(24,25)26/h6-9,14-15,19H,4-5,10-13H2,1-3H3. The van der Waals surface area contributed by atoms with E-state index in [1.807, 2.05) is 4.90 Å². The third-order valence-electron chi connectivity index (χ3n) is 6.05. The predicted octanol–water partition coefficient (Wildman–Crippen LogP) is 4.85. The molecule has 2 aromatic rings. The van der Waals surface area contributed by atoms with Crippen molar-refractivity contribution < 1.29 is 22.7 Å². The van der Waals surface area contributed by atoms with E-state index in [1.165, 1.54) is 23.5 Å². The summed E-state index contributed by atoms with van der Waals surface area (Å²) in [5, 5.41) is 0.561. The SMILES string of the molecule is Cc1nc(-c2ccc(C(F)(F)F)cc2)sc1C(=O)N1CCCC1CN1CC(C)OC(C)C1. The summed E-state index contributed by atoms with van der Waals surface area (Å²) in [5.41, 5.74) is 0.506. The molecule has 5 nitrogen and oxygen atoms in total. The van der Waals surface area contributed by atoms with E-state index in [1.54, 1.807) is 6.92 Å². The molecule has 3 unspecified atom stereocenters. The largest absolute Gasteiger partial charge is 0.416 e. The molecule has 1 amide bonds. The first-order valence-electron chi connectivity index (χ1n) is 11.0. The van der Waals surface area contributed by atoms with Crippen molar-refractivity contribution in [3.63, 3.8) is 0 Å². The number of hydrogen-bond acceptors (Lipinski definition) is 5. The summed E-state index contributed by atoms with van der Waals surface area (Å²) in [6.45, 7) is 9.20. The highest BCUT2D eigenvalue weighted by Gasteiger charge is 2.34. The average molecular weight is 468 g/mol. The number of alkyl halides is 3. The number of amides is 1. The molecule has 1 aromatic heterocycles. The maximum atomic E-state index is 13.4. The first-order valence-corrected chi connectivity index (χ1v) is 11.8. The van der Waals surface area contributed by atoms with Gasteiger partial charge >= 0.3 is 6.18 Å². The van der Waals surface area contributed by atoms with Gasteiger partial charge in [-0.2, -0.15) is 13.2 Å². The van der Waals surface area contributed by atoms with E-state index >= 15 is 0 Å². The number of likely N-dealkylation sites (tertiary alicyclic amines) is 1. The van der Waals surface area contributed by atoms with Crippen LogP contribution >= 0.6 is 11.3 Å². The molecule has 2 aliphatic heterocycles. The van der Waals surface area contributed by atoms with Crippen molar-refractivity contribution in [2.75, 3.05) is 26.2 Å². The number of carbonyl (C=O) groups is 1. The van der Waals surface area contributed by atoms with Crippen LogP contribution < -0.4 is 0 Å². The lowest BCUT2D eigenvalue weighted by molar-refractivity contribution is -0.137. The van der Waals surface area contributed by atoms with Crippen LogP contribution in [-0.4, -0.2) is 65.1 Å². The van der Waals surface area contributed by atoms with Crippen LogP contribution in [-0.2, 0) is 10.9 Å². The third kappa shape index (κ3) is 5.00. The smallest absolute Gasteiger partial charge is 0.373 e. The molecule has 3 heterocycles. The Bertz CT molecular complexity index is 950. The van der Waals surface area contributed by atoms with E-state index in [-0.39, 0.29) is 24.2 Å². The number of aromatic nitrogens is 1. The number of rotatable bonds is 4. The summed E-state index contributed by atoms with van der Waals surface area (Å²) >= 11 is 1.25. The fourth-order valence-electron chi connectivity index (χ4n) is 4.67. The highest BCUT2D eigenvalue weighted by Crippen LogP contribution is 2.34. The molecule has 2 fully saturated rings. The van der Waals surface area contributed by atoms with Crippen LogP contribution in [0.2, 0.25) is 0 Å². The van der Waals surface area contributed by atoms with Gasteiger partial charge in [-0.3, -0.25) is 9.69 Å². The van der Waals surface area contributed by atoms with Crippen LogP contribution in [0.15, 0.2) is 24.3 Å². The van der Waals surface area contributed by atoms with Crippen LogP contribution in [0.3, 0.4) is 0 Å². The molecule has 3 atom stereocenters. The quantitative estimate of drug-likeness (QED) is 0.645. The Kier molecular flexibility index (Phi) is 6.61. The maximum Gasteiger partial charge on any atom is 0.416 e. The van der Waals surface area contributed by atoms with E-state index in [0.717, 1.165) is 44.6 Å². The molecule has 0 N–H and O–H groups in total. The Balaban J connectivity index is 1.49. The van der Waals surface area contributed by atoms with Crippen LogP contribution in [0.25, 0.3) is 10.6 Å². The van der Waals surface area contributed by atoms with Gasteiger partial charge in [0, 0.05) is 37.8 Å². The number of hydrogen-bond donors (Lipinski definition) is 0. The number of thiazole rings is 1. The van der Waals surface area contributed by atoms with E-state index < -0.39 is 11.7 Å². The minimum atomic E-state index is -4.38. The second kappa shape index (κ2) is 9.11. The highest BCUT2D eigenvalue weighted by atomic mass is 32.1. The monoisotopic (exact) mass is 467 g/mol. The summed E-state index contributed by atoms with van der Waals surface area (Å²) < 4.78 is 44.3. The van der Waals surface area contributed by atoms with Gasteiger partial charge in [-0.15, -0.1) is 11.3 Å². The molecule has 2 aliphatic rings. The van der Waals surface area contributed by atoms with E-state index in [9.17, 15) is 18.0 Å². The summed E-state index contributed by atoms with van der Waals surface area (Å²) in [6.07, 6.45) is -2.08. The maximum absolute atomic E-state index is 13.4. The molecule has 4 rings (SSSR count). The molecule has 0 radical (unpaired) electrons. The predicted molar refractivity (Wildman–Crippen MR) is 118 cm³/mol. The topological polar surface area (TPSA) is 45.7 Å². The van der Waals surface area contributed by atoms with Crippen molar-refractivity contribution in [2.24, 2.45) is 0 Å². The van der Waals surface area contributed by atoms with Crippen molar-refractivity contribution >= 4 is 17.2 Å². The first kappa shape index (κ1) is 23.2. The number of ether oxygens (including phenoxy) is 1. The second-order valence-corrected chi connectivity index (χ2v) is 9.78. The van der Waals surface area contributed by atoms with Gasteiger partial charge in [0.05, 0.1) is 23.5 Å². The number of nitrogens with zero attached hydrogens (tertiary/aromatic N) is 3. The van der Waals surface area contributed by atoms with Gasteiger partial charge in [-0.05, 0) is 45.7 Å². The van der Waals surface area contributed by atoms with Gasteiger partial charge in [0.1, 0.15) is 9.88 Å². The average Bonchev–Trinajstić information content (AvgIpc) is 3.33. The molecule has 9 heteroatoms. The normalized spacial score (nSPS) is 24.8. The molecule has 1 aromatic carbocycles. The second-order valence-electron chi connectivity index (χ2n) is 8.78. The van der Waals surface area contributed by atoms with E-state index in [0.29, 0.717) is 27.7 Å². The molecule has 0 bridgehead atoms. The van der Waals surface area contributed by atoms with Crippen molar-refractivity contribution in [1.29, 1.82) is 0 Å². The molecule has 0 aliphatic carbocycles. The summed E-state index contributed by atoms with van der Waals surface area (Å²) in [4.78, 5) is 22.8. The van der Waals surface area contributed by atoms with Gasteiger partial charge < -0.3 is 9.64 Å². The number of aryl methyl sites for hydroxylation is 1. The minimum absolute atomic E-state index is 0.0324. The van der Waals surface area contributed by atoms with Gasteiger partial charge in [-0.25, -0.2) is 4.98 Å². The fraction of sp³-hybridized carbons (Fsp3) is 0.565. The Morgan fingerprint density at radius 1 is 1.19 bits per heavy atom. The summed E-state index contributed by atoms with van der Waals surface area (Å²) in [5.74, 6) is -0.0324. The van der Waals surface area contributed by atoms with Crippen molar-refractivity contribution in [3.8, 4) is 10.6 Å². The number of benzene rings is 1. The molecule has 2 saturated heterocycles. The van der Waals surface area contributed by atoms with Crippen LogP contribution in [0.1, 0.15) is 47.6 Å². The highest BCUT2D eigenvalue weighted by molar-refractivity contribution is 7.17. The lowest BCUT2D eigenvalue weighted by atomic mass is 10.1. The number of morpholine rings is 1. The number of halogens is 3. The zero-order valence-electron chi connectivity index (χ0n) is 18.5. The molecular weight excluding hydrogens is 439 g/mol.